The van der Waals surface area contributed by atoms with Crippen molar-refractivity contribution in [3.63, 3.8) is 0 Å². The predicted molar refractivity (Wildman–Crippen MR) is 101 cm³/mol. The van der Waals surface area contributed by atoms with Gasteiger partial charge in [-0.3, -0.25) is 19.4 Å². The minimum Gasteiger partial charge on any atom is -0.338 e. The second kappa shape index (κ2) is 7.83. The van der Waals surface area contributed by atoms with E-state index in [1.807, 2.05) is 4.90 Å². The molecule has 4 rings (SSSR count). The molecule has 2 atom stereocenters. The monoisotopic (exact) mass is 386 g/mol. The summed E-state index contributed by atoms with van der Waals surface area (Å²) in [6.07, 6.45) is 7.30. The van der Waals surface area contributed by atoms with Crippen molar-refractivity contribution in [3.05, 3.63) is 18.5 Å². The Bertz CT molecular complexity index is 749. The van der Waals surface area contributed by atoms with Crippen LogP contribution in [0.4, 0.5) is 10.7 Å². The molecule has 4 amide bonds. The lowest BCUT2D eigenvalue weighted by molar-refractivity contribution is -0.145. The predicted octanol–water partition coefficient (Wildman–Crippen LogP) is 0.926. The molecule has 28 heavy (non-hydrogen) atoms. The van der Waals surface area contributed by atoms with E-state index in [9.17, 15) is 14.4 Å². The highest BCUT2D eigenvalue weighted by Gasteiger charge is 2.49. The first-order valence-electron chi connectivity index (χ1n) is 9.99. The summed E-state index contributed by atoms with van der Waals surface area (Å²) in [6.45, 7) is 4.97. The first-order chi connectivity index (χ1) is 13.6. The molecule has 3 fully saturated rings. The van der Waals surface area contributed by atoms with E-state index in [0.29, 0.717) is 32.1 Å². The number of hydrogen-bond acceptors (Lipinski definition) is 7. The van der Waals surface area contributed by atoms with Gasteiger partial charge in [-0.25, -0.2) is 19.7 Å². The van der Waals surface area contributed by atoms with E-state index in [0.717, 1.165) is 30.6 Å². The minimum atomic E-state index is -0.698. The summed E-state index contributed by atoms with van der Waals surface area (Å²) < 4.78 is 0. The van der Waals surface area contributed by atoms with E-state index in [4.69, 9.17) is 0 Å². The molecule has 9 nitrogen and oxygen atoms in total. The van der Waals surface area contributed by atoms with Gasteiger partial charge < -0.3 is 4.90 Å². The van der Waals surface area contributed by atoms with Crippen LogP contribution in [0.2, 0.25) is 0 Å². The number of carbonyl (C=O) groups excluding carboxylic acids is 3. The zero-order valence-electron chi connectivity index (χ0n) is 16.2. The van der Waals surface area contributed by atoms with E-state index < -0.39 is 17.8 Å². The Morgan fingerprint density at radius 3 is 2.32 bits per heavy atom. The van der Waals surface area contributed by atoms with Crippen molar-refractivity contribution in [1.29, 1.82) is 0 Å². The number of anilines is 1. The summed E-state index contributed by atoms with van der Waals surface area (Å²) in [5.41, 5.74) is 0. The largest absolute Gasteiger partial charge is 0.338 e. The summed E-state index contributed by atoms with van der Waals surface area (Å²) >= 11 is 0. The third-order valence-corrected chi connectivity index (χ3v) is 6.03. The summed E-state index contributed by atoms with van der Waals surface area (Å²) in [6, 6.07) is 1.16. The smallest absolute Gasteiger partial charge is 0.335 e. The van der Waals surface area contributed by atoms with Crippen LogP contribution in [0.3, 0.4) is 0 Å². The van der Waals surface area contributed by atoms with Gasteiger partial charge in [-0.1, -0.05) is 19.8 Å². The summed E-state index contributed by atoms with van der Waals surface area (Å²) in [5.74, 6) is -0.441. The molecule has 1 aromatic heterocycles. The van der Waals surface area contributed by atoms with Crippen LogP contribution in [-0.4, -0.2) is 81.4 Å². The van der Waals surface area contributed by atoms with Gasteiger partial charge in [0.1, 0.15) is 0 Å². The number of urea groups is 1. The highest BCUT2D eigenvalue weighted by Crippen LogP contribution is 2.31. The number of rotatable bonds is 4. The molecule has 1 aliphatic carbocycles. The first kappa shape index (κ1) is 18.8. The van der Waals surface area contributed by atoms with E-state index in [1.54, 1.807) is 18.5 Å². The van der Waals surface area contributed by atoms with Gasteiger partial charge in [0.2, 0.25) is 5.95 Å². The van der Waals surface area contributed by atoms with Crippen molar-refractivity contribution in [3.8, 4) is 0 Å². The van der Waals surface area contributed by atoms with Crippen LogP contribution in [0.15, 0.2) is 18.5 Å². The summed E-state index contributed by atoms with van der Waals surface area (Å²) in [5, 5.41) is 0. The molecule has 1 saturated carbocycles. The quantitative estimate of drug-likeness (QED) is 0.562. The lowest BCUT2D eigenvalue weighted by Crippen LogP contribution is -2.52. The zero-order valence-corrected chi connectivity index (χ0v) is 16.2. The Balaban J connectivity index is 1.38. The Morgan fingerprint density at radius 2 is 1.64 bits per heavy atom. The van der Waals surface area contributed by atoms with Crippen molar-refractivity contribution in [1.82, 2.24) is 24.7 Å². The molecule has 2 aliphatic heterocycles. The SMILES string of the molecule is C[C@H]1CCCC[C@H]1N1C(=O)C(=O)N(CN2CCN(c3ncccn3)CC2)C1=O. The normalized spacial score (nSPS) is 27.0. The fourth-order valence-corrected chi connectivity index (χ4v) is 4.36. The third-order valence-electron chi connectivity index (χ3n) is 6.03. The minimum absolute atomic E-state index is 0.157. The molecule has 0 N–H and O–H groups in total. The molecule has 9 heteroatoms. The maximum Gasteiger partial charge on any atom is 0.335 e. The van der Waals surface area contributed by atoms with Crippen LogP contribution in [0.5, 0.6) is 0 Å². The molecule has 2 saturated heterocycles. The fourth-order valence-electron chi connectivity index (χ4n) is 4.36. The van der Waals surface area contributed by atoms with Crippen molar-refractivity contribution < 1.29 is 14.4 Å². The highest BCUT2D eigenvalue weighted by molar-refractivity contribution is 6.44. The molecule has 0 radical (unpaired) electrons. The molecule has 0 spiro atoms. The van der Waals surface area contributed by atoms with Crippen molar-refractivity contribution in [2.75, 3.05) is 37.7 Å². The lowest BCUT2D eigenvalue weighted by atomic mass is 9.85. The third kappa shape index (κ3) is 3.46. The van der Waals surface area contributed by atoms with Crippen molar-refractivity contribution in [2.24, 2.45) is 5.92 Å². The molecule has 150 valence electrons. The van der Waals surface area contributed by atoms with Gasteiger partial charge in [0.05, 0.1) is 6.67 Å². The molecule has 3 aliphatic rings. The topological polar surface area (TPSA) is 90.0 Å². The molecular formula is C19H26N6O3. The van der Waals surface area contributed by atoms with Crippen LogP contribution in [0.25, 0.3) is 0 Å². The number of carbonyl (C=O) groups is 3. The molecule has 0 unspecified atom stereocenters. The van der Waals surface area contributed by atoms with Crippen LogP contribution in [-0.2, 0) is 9.59 Å². The van der Waals surface area contributed by atoms with Crippen LogP contribution in [0, 0.1) is 5.92 Å². The Hall–Kier alpha value is -2.55. The van der Waals surface area contributed by atoms with E-state index in [1.165, 1.54) is 4.90 Å². The van der Waals surface area contributed by atoms with E-state index in [-0.39, 0.29) is 18.6 Å². The number of piperazine rings is 1. The van der Waals surface area contributed by atoms with Crippen LogP contribution in [0.1, 0.15) is 32.6 Å². The lowest BCUT2D eigenvalue weighted by Gasteiger charge is -2.36. The first-order valence-corrected chi connectivity index (χ1v) is 9.99. The molecular weight excluding hydrogens is 360 g/mol. The fraction of sp³-hybridized carbons (Fsp3) is 0.632. The van der Waals surface area contributed by atoms with Gasteiger partial charge in [0.15, 0.2) is 0 Å². The summed E-state index contributed by atoms with van der Waals surface area (Å²) in [7, 11) is 0. The second-order valence-electron chi connectivity index (χ2n) is 7.82. The number of amides is 4. The van der Waals surface area contributed by atoms with Crippen molar-refractivity contribution in [2.45, 2.75) is 38.6 Å². The molecule has 0 aromatic carbocycles. The van der Waals surface area contributed by atoms with Crippen molar-refractivity contribution >= 4 is 23.8 Å². The molecule has 1 aromatic rings. The van der Waals surface area contributed by atoms with Gasteiger partial charge in [-0.05, 0) is 24.8 Å². The average molecular weight is 386 g/mol. The molecule has 0 bridgehead atoms. The van der Waals surface area contributed by atoms with E-state index in [2.05, 4.69) is 21.8 Å². The van der Waals surface area contributed by atoms with Gasteiger partial charge in [-0.2, -0.15) is 0 Å². The Morgan fingerprint density at radius 1 is 0.964 bits per heavy atom. The Kier molecular flexibility index (Phi) is 5.25. The maximum absolute atomic E-state index is 12.9. The Labute approximate surface area is 164 Å². The maximum atomic E-state index is 12.9. The zero-order chi connectivity index (χ0) is 19.7. The van der Waals surface area contributed by atoms with Crippen LogP contribution >= 0.6 is 0 Å². The number of nitrogens with zero attached hydrogens (tertiary/aromatic N) is 6. The van der Waals surface area contributed by atoms with Gasteiger partial charge >= 0.3 is 17.8 Å². The summed E-state index contributed by atoms with van der Waals surface area (Å²) in [4.78, 5) is 52.8. The average Bonchev–Trinajstić information content (AvgIpc) is 2.93. The molecule has 3 heterocycles. The van der Waals surface area contributed by atoms with Gasteiger partial charge in [0.25, 0.3) is 0 Å². The number of hydrogen-bond donors (Lipinski definition) is 0. The van der Waals surface area contributed by atoms with Gasteiger partial charge in [0, 0.05) is 44.6 Å². The highest BCUT2D eigenvalue weighted by atomic mass is 16.2. The number of aromatic nitrogens is 2. The number of imide groups is 2. The van der Waals surface area contributed by atoms with Gasteiger partial charge in [-0.15, -0.1) is 0 Å². The second-order valence-corrected chi connectivity index (χ2v) is 7.82. The van der Waals surface area contributed by atoms with Crippen LogP contribution < -0.4 is 4.90 Å². The van der Waals surface area contributed by atoms with E-state index >= 15 is 0 Å². The standard InChI is InChI=1S/C19H26N6O3/c1-14-5-2-3-6-15(14)25-17(27)16(26)24(19(25)28)13-22-9-11-23(12-10-22)18-20-7-4-8-21-18/h4,7-8,14-15H,2-3,5-6,9-13H2,1H3/t14-,15+/m0/s1.